The number of carboxylic acid groups (broad SMARTS) is 2. The SMILES string of the molecule is NCC(=O)NC(CCC(=O)O)C(=O)NC(Cc1cnc[nH]1)C(=O)NC(CCC(N)=O)C(=O)O. The number of nitrogens with zero attached hydrogens (tertiary/aromatic N) is 1. The molecule has 0 radical (unpaired) electrons. The minimum Gasteiger partial charge on any atom is -0.481 e. The van der Waals surface area contributed by atoms with Crippen LogP contribution in [-0.4, -0.2) is 80.4 Å². The van der Waals surface area contributed by atoms with Gasteiger partial charge in [-0.2, -0.15) is 0 Å². The van der Waals surface area contributed by atoms with Crippen molar-refractivity contribution in [2.24, 2.45) is 11.5 Å². The third-order valence-electron chi connectivity index (χ3n) is 4.39. The van der Waals surface area contributed by atoms with E-state index in [9.17, 15) is 33.9 Å². The summed E-state index contributed by atoms with van der Waals surface area (Å²) in [5, 5.41) is 25.1. The highest BCUT2D eigenvalue weighted by molar-refractivity contribution is 5.94. The van der Waals surface area contributed by atoms with E-state index >= 15 is 0 Å². The molecule has 3 atom stereocenters. The number of carbonyl (C=O) groups excluding carboxylic acids is 4. The number of carboxylic acids is 2. The van der Waals surface area contributed by atoms with Gasteiger partial charge in [0, 0.05) is 31.2 Å². The van der Waals surface area contributed by atoms with Crippen LogP contribution < -0.4 is 27.4 Å². The molecule has 0 aliphatic rings. The number of hydrogen-bond acceptors (Lipinski definition) is 8. The molecule has 182 valence electrons. The van der Waals surface area contributed by atoms with Crippen LogP contribution >= 0.6 is 0 Å². The van der Waals surface area contributed by atoms with Crippen LogP contribution in [0.4, 0.5) is 0 Å². The predicted molar refractivity (Wildman–Crippen MR) is 110 cm³/mol. The van der Waals surface area contributed by atoms with E-state index in [-0.39, 0.29) is 25.7 Å². The second kappa shape index (κ2) is 13.4. The molecule has 1 aromatic heterocycles. The molecule has 0 aliphatic heterocycles. The smallest absolute Gasteiger partial charge is 0.326 e. The number of H-pyrrole nitrogens is 1. The average Bonchev–Trinajstić information content (AvgIpc) is 3.25. The van der Waals surface area contributed by atoms with E-state index in [2.05, 4.69) is 25.9 Å². The summed E-state index contributed by atoms with van der Waals surface area (Å²) in [5.41, 5.74) is 10.7. The molecular formula is C18H27N7O8. The van der Waals surface area contributed by atoms with Gasteiger partial charge < -0.3 is 42.6 Å². The summed E-state index contributed by atoms with van der Waals surface area (Å²) in [6.45, 7) is -0.449. The molecule has 10 N–H and O–H groups in total. The first-order chi connectivity index (χ1) is 15.5. The Balaban J connectivity index is 3.02. The standard InChI is InChI=1S/C18H27N7O8/c19-6-14(27)23-10(2-4-15(28)29)16(30)25-12(5-9-7-21-8-22-9)17(31)24-11(18(32)33)1-3-13(20)26/h7-8,10-12H,1-6,19H2,(H2,20,26)(H,21,22)(H,23,27)(H,24,31)(H,25,30)(H,28,29)(H,32,33). The van der Waals surface area contributed by atoms with Gasteiger partial charge in [0.05, 0.1) is 12.9 Å². The highest BCUT2D eigenvalue weighted by Gasteiger charge is 2.30. The Kier molecular flexibility index (Phi) is 11.0. The van der Waals surface area contributed by atoms with Crippen LogP contribution in [0.3, 0.4) is 0 Å². The van der Waals surface area contributed by atoms with Crippen molar-refractivity contribution in [3.63, 3.8) is 0 Å². The third kappa shape index (κ3) is 10.2. The largest absolute Gasteiger partial charge is 0.481 e. The van der Waals surface area contributed by atoms with Gasteiger partial charge in [-0.3, -0.25) is 24.0 Å². The van der Waals surface area contributed by atoms with Gasteiger partial charge in [-0.25, -0.2) is 9.78 Å². The molecular weight excluding hydrogens is 442 g/mol. The molecule has 0 aliphatic carbocycles. The first kappa shape index (κ1) is 27.0. The predicted octanol–water partition coefficient (Wildman–Crippen LogP) is -3.42. The quantitative estimate of drug-likeness (QED) is 0.126. The van der Waals surface area contributed by atoms with Crippen LogP contribution in [0, 0.1) is 0 Å². The van der Waals surface area contributed by atoms with Crippen molar-refractivity contribution in [1.29, 1.82) is 0 Å². The topological polar surface area (TPSA) is 260 Å². The highest BCUT2D eigenvalue weighted by atomic mass is 16.4. The van der Waals surface area contributed by atoms with Crippen molar-refractivity contribution in [2.75, 3.05) is 6.54 Å². The Hall–Kier alpha value is -4.01. The Labute approximate surface area is 187 Å². The lowest BCUT2D eigenvalue weighted by atomic mass is 10.1. The van der Waals surface area contributed by atoms with Gasteiger partial charge >= 0.3 is 11.9 Å². The molecule has 1 rings (SSSR count). The zero-order chi connectivity index (χ0) is 25.0. The zero-order valence-corrected chi connectivity index (χ0v) is 17.6. The maximum atomic E-state index is 12.8. The maximum absolute atomic E-state index is 12.8. The summed E-state index contributed by atoms with van der Waals surface area (Å²) in [6.07, 6.45) is 1.29. The van der Waals surface area contributed by atoms with Crippen LogP contribution in [0.25, 0.3) is 0 Å². The lowest BCUT2D eigenvalue weighted by molar-refractivity contribution is -0.142. The van der Waals surface area contributed by atoms with Crippen molar-refractivity contribution in [1.82, 2.24) is 25.9 Å². The number of aliphatic carboxylic acids is 2. The Morgan fingerprint density at radius 3 is 2.06 bits per heavy atom. The molecule has 15 heteroatoms. The highest BCUT2D eigenvalue weighted by Crippen LogP contribution is 2.05. The lowest BCUT2D eigenvalue weighted by Crippen LogP contribution is -2.57. The number of hydrogen-bond donors (Lipinski definition) is 8. The van der Waals surface area contributed by atoms with Crippen LogP contribution in [0.15, 0.2) is 12.5 Å². The number of nitrogens with one attached hydrogen (secondary N) is 4. The molecule has 0 fully saturated rings. The van der Waals surface area contributed by atoms with Crippen molar-refractivity contribution in [2.45, 2.75) is 50.2 Å². The molecule has 1 heterocycles. The summed E-state index contributed by atoms with van der Waals surface area (Å²) < 4.78 is 0. The lowest BCUT2D eigenvalue weighted by Gasteiger charge is -2.24. The fourth-order valence-corrected chi connectivity index (χ4v) is 2.70. The molecule has 15 nitrogen and oxygen atoms in total. The Bertz CT molecular complexity index is 858. The van der Waals surface area contributed by atoms with Gasteiger partial charge in [0.2, 0.25) is 23.6 Å². The Morgan fingerprint density at radius 1 is 0.939 bits per heavy atom. The van der Waals surface area contributed by atoms with E-state index in [1.165, 1.54) is 12.5 Å². The molecule has 33 heavy (non-hydrogen) atoms. The van der Waals surface area contributed by atoms with Crippen molar-refractivity contribution in [3.05, 3.63) is 18.2 Å². The monoisotopic (exact) mass is 469 g/mol. The fraction of sp³-hybridized carbons (Fsp3) is 0.500. The number of imidazole rings is 1. The summed E-state index contributed by atoms with van der Waals surface area (Å²) in [6, 6.07) is -4.08. The second-order valence-electron chi connectivity index (χ2n) is 7.00. The average molecular weight is 469 g/mol. The summed E-state index contributed by atoms with van der Waals surface area (Å²) in [5.74, 6) is -5.85. The van der Waals surface area contributed by atoms with Crippen LogP contribution in [0.2, 0.25) is 0 Å². The van der Waals surface area contributed by atoms with Crippen LogP contribution in [0.1, 0.15) is 31.4 Å². The molecule has 0 aromatic carbocycles. The summed E-state index contributed by atoms with van der Waals surface area (Å²) in [4.78, 5) is 77.0. The molecule has 0 spiro atoms. The molecule has 0 bridgehead atoms. The van der Waals surface area contributed by atoms with E-state index in [1.54, 1.807) is 0 Å². The number of aromatic nitrogens is 2. The van der Waals surface area contributed by atoms with Gasteiger partial charge in [0.15, 0.2) is 0 Å². The van der Waals surface area contributed by atoms with E-state index in [0.717, 1.165) is 0 Å². The molecule has 0 saturated carbocycles. The summed E-state index contributed by atoms with van der Waals surface area (Å²) >= 11 is 0. The zero-order valence-electron chi connectivity index (χ0n) is 17.6. The third-order valence-corrected chi connectivity index (χ3v) is 4.39. The van der Waals surface area contributed by atoms with Gasteiger partial charge in [-0.05, 0) is 12.8 Å². The van der Waals surface area contributed by atoms with Gasteiger partial charge in [-0.15, -0.1) is 0 Å². The van der Waals surface area contributed by atoms with Crippen molar-refractivity contribution in [3.8, 4) is 0 Å². The van der Waals surface area contributed by atoms with Crippen molar-refractivity contribution < 1.29 is 39.0 Å². The van der Waals surface area contributed by atoms with E-state index in [4.69, 9.17) is 16.6 Å². The van der Waals surface area contributed by atoms with Crippen LogP contribution in [-0.2, 0) is 35.2 Å². The van der Waals surface area contributed by atoms with E-state index in [1.807, 2.05) is 0 Å². The fourth-order valence-electron chi connectivity index (χ4n) is 2.70. The molecule has 0 saturated heterocycles. The minimum atomic E-state index is -1.45. The van der Waals surface area contributed by atoms with E-state index in [0.29, 0.717) is 5.69 Å². The Morgan fingerprint density at radius 2 is 1.55 bits per heavy atom. The number of rotatable bonds is 15. The molecule has 3 unspecified atom stereocenters. The number of primary amides is 1. The summed E-state index contributed by atoms with van der Waals surface area (Å²) in [7, 11) is 0. The normalized spacial score (nSPS) is 13.2. The van der Waals surface area contributed by atoms with Crippen molar-refractivity contribution >= 4 is 35.6 Å². The van der Waals surface area contributed by atoms with E-state index < -0.39 is 66.7 Å². The van der Waals surface area contributed by atoms with Crippen LogP contribution in [0.5, 0.6) is 0 Å². The number of carbonyl (C=O) groups is 6. The number of aromatic amines is 1. The van der Waals surface area contributed by atoms with Gasteiger partial charge in [0.25, 0.3) is 0 Å². The molecule has 1 aromatic rings. The maximum Gasteiger partial charge on any atom is 0.326 e. The van der Waals surface area contributed by atoms with Gasteiger partial charge in [-0.1, -0.05) is 0 Å². The van der Waals surface area contributed by atoms with Gasteiger partial charge in [0.1, 0.15) is 18.1 Å². The minimum absolute atomic E-state index is 0.129. The number of amides is 4. The first-order valence-corrected chi connectivity index (χ1v) is 9.83. The molecule has 4 amide bonds. The second-order valence-corrected chi connectivity index (χ2v) is 7.00. The first-order valence-electron chi connectivity index (χ1n) is 9.83. The number of nitrogens with two attached hydrogens (primary N) is 2.